The maximum absolute atomic E-state index is 11.5. The van der Waals surface area contributed by atoms with Gasteiger partial charge in [0.2, 0.25) is 0 Å². The maximum atomic E-state index is 11.5. The summed E-state index contributed by atoms with van der Waals surface area (Å²) < 4.78 is 9.75. The summed E-state index contributed by atoms with van der Waals surface area (Å²) in [7, 11) is 1.35. The molecule has 2 atom stereocenters. The first-order valence-corrected chi connectivity index (χ1v) is 5.62. The van der Waals surface area contributed by atoms with Gasteiger partial charge in [0.25, 0.3) is 0 Å². The fraction of sp³-hybridized carbons (Fsp3) is 0.818. The van der Waals surface area contributed by atoms with Gasteiger partial charge < -0.3 is 20.1 Å². The number of methoxy groups -OCH3 is 1. The van der Waals surface area contributed by atoms with Crippen molar-refractivity contribution in [3.8, 4) is 0 Å². The Morgan fingerprint density at radius 2 is 2.00 bits per heavy atom. The number of carbonyl (C=O) groups is 2. The van der Waals surface area contributed by atoms with Crippen LogP contribution in [0.3, 0.4) is 0 Å². The average Bonchev–Trinajstić information content (AvgIpc) is 2.62. The van der Waals surface area contributed by atoms with Crippen LogP contribution in [-0.4, -0.2) is 43.4 Å². The minimum Gasteiger partial charge on any atom is -0.468 e. The van der Waals surface area contributed by atoms with E-state index in [-0.39, 0.29) is 18.1 Å². The summed E-state index contributed by atoms with van der Waals surface area (Å²) in [5.74, 6) is -0.307. The van der Waals surface area contributed by atoms with Crippen LogP contribution in [0.5, 0.6) is 0 Å². The molecule has 0 radical (unpaired) electrons. The second-order valence-electron chi connectivity index (χ2n) is 5.06. The van der Waals surface area contributed by atoms with Crippen molar-refractivity contribution in [2.75, 3.05) is 13.7 Å². The molecule has 0 saturated carbocycles. The molecule has 0 aliphatic carbocycles. The molecule has 1 rings (SSSR count). The van der Waals surface area contributed by atoms with E-state index in [1.807, 2.05) is 0 Å². The highest BCUT2D eigenvalue weighted by Gasteiger charge is 2.31. The molecule has 2 N–H and O–H groups in total. The Hall–Kier alpha value is -1.30. The standard InChI is InChI=1S/C11H20N2O4/c1-11(2,3)17-10(15)13-7-5-8(12-6-7)9(14)16-4/h7-8,12H,5-6H2,1-4H3,(H,13,15)/t7-,8+/m0/s1. The van der Waals surface area contributed by atoms with Gasteiger partial charge in [-0.3, -0.25) is 4.79 Å². The van der Waals surface area contributed by atoms with Crippen LogP contribution >= 0.6 is 0 Å². The van der Waals surface area contributed by atoms with Crippen molar-refractivity contribution in [3.63, 3.8) is 0 Å². The lowest BCUT2D eigenvalue weighted by Gasteiger charge is -2.21. The summed E-state index contributed by atoms with van der Waals surface area (Å²) in [5.41, 5.74) is -0.516. The van der Waals surface area contributed by atoms with Crippen LogP contribution in [0.4, 0.5) is 4.79 Å². The first kappa shape index (κ1) is 13.8. The number of nitrogens with one attached hydrogen (secondary N) is 2. The van der Waals surface area contributed by atoms with Crippen LogP contribution in [0, 0.1) is 0 Å². The van der Waals surface area contributed by atoms with E-state index >= 15 is 0 Å². The van der Waals surface area contributed by atoms with Crippen molar-refractivity contribution in [2.45, 2.75) is 44.9 Å². The van der Waals surface area contributed by atoms with Crippen LogP contribution in [0.15, 0.2) is 0 Å². The van der Waals surface area contributed by atoms with Crippen molar-refractivity contribution in [1.82, 2.24) is 10.6 Å². The molecule has 0 spiro atoms. The summed E-state index contributed by atoms with van der Waals surface area (Å²) in [6.45, 7) is 5.95. The van der Waals surface area contributed by atoms with E-state index in [4.69, 9.17) is 4.74 Å². The van der Waals surface area contributed by atoms with E-state index in [9.17, 15) is 9.59 Å². The molecule has 0 unspecified atom stereocenters. The predicted molar refractivity (Wildman–Crippen MR) is 61.6 cm³/mol. The number of alkyl carbamates (subject to hydrolysis) is 1. The number of hydrogen-bond donors (Lipinski definition) is 2. The normalized spacial score (nSPS) is 24.2. The summed E-state index contributed by atoms with van der Waals surface area (Å²) >= 11 is 0. The lowest BCUT2D eigenvalue weighted by Crippen LogP contribution is -2.40. The van der Waals surface area contributed by atoms with Gasteiger partial charge in [0, 0.05) is 12.6 Å². The van der Waals surface area contributed by atoms with E-state index < -0.39 is 11.7 Å². The highest BCUT2D eigenvalue weighted by molar-refractivity contribution is 5.76. The zero-order valence-corrected chi connectivity index (χ0v) is 10.7. The predicted octanol–water partition coefficient (Wildman–Crippen LogP) is 0.415. The van der Waals surface area contributed by atoms with Gasteiger partial charge in [0.05, 0.1) is 7.11 Å². The summed E-state index contributed by atoms with van der Waals surface area (Å²) in [6.07, 6.45) is 0.0566. The summed E-state index contributed by atoms with van der Waals surface area (Å²) in [6, 6.07) is -0.450. The second-order valence-corrected chi connectivity index (χ2v) is 5.06. The molecule has 0 bridgehead atoms. The van der Waals surface area contributed by atoms with Crippen molar-refractivity contribution in [1.29, 1.82) is 0 Å². The fourth-order valence-corrected chi connectivity index (χ4v) is 1.64. The highest BCUT2D eigenvalue weighted by atomic mass is 16.6. The molecule has 0 aromatic heterocycles. The van der Waals surface area contributed by atoms with E-state index in [2.05, 4.69) is 15.4 Å². The minimum absolute atomic E-state index is 0.103. The molecule has 1 aliphatic heterocycles. The molecule has 6 heteroatoms. The molecule has 6 nitrogen and oxygen atoms in total. The number of hydrogen-bond acceptors (Lipinski definition) is 5. The molecule has 98 valence electrons. The largest absolute Gasteiger partial charge is 0.468 e. The van der Waals surface area contributed by atoms with Crippen molar-refractivity contribution >= 4 is 12.1 Å². The van der Waals surface area contributed by atoms with Gasteiger partial charge in [-0.15, -0.1) is 0 Å². The topological polar surface area (TPSA) is 76.7 Å². The Kier molecular flexibility index (Phi) is 4.34. The zero-order chi connectivity index (χ0) is 13.1. The number of amides is 1. The molecule has 0 aromatic rings. The maximum Gasteiger partial charge on any atom is 0.407 e. The first-order chi connectivity index (χ1) is 7.81. The van der Waals surface area contributed by atoms with Crippen LogP contribution in [0.25, 0.3) is 0 Å². The highest BCUT2D eigenvalue weighted by Crippen LogP contribution is 2.10. The smallest absolute Gasteiger partial charge is 0.407 e. The van der Waals surface area contributed by atoms with Gasteiger partial charge in [-0.2, -0.15) is 0 Å². The fourth-order valence-electron chi connectivity index (χ4n) is 1.64. The van der Waals surface area contributed by atoms with Gasteiger partial charge >= 0.3 is 12.1 Å². The number of ether oxygens (including phenoxy) is 2. The van der Waals surface area contributed by atoms with Crippen molar-refractivity contribution in [3.05, 3.63) is 0 Å². The number of esters is 1. The molecule has 1 amide bonds. The van der Waals surface area contributed by atoms with Crippen LogP contribution in [0.1, 0.15) is 27.2 Å². The monoisotopic (exact) mass is 244 g/mol. The Bertz CT molecular complexity index is 298. The molecule has 1 fully saturated rings. The quantitative estimate of drug-likeness (QED) is 0.688. The van der Waals surface area contributed by atoms with E-state index in [1.54, 1.807) is 20.8 Å². The third-order valence-electron chi connectivity index (χ3n) is 2.34. The summed E-state index contributed by atoms with van der Waals surface area (Å²) in [5, 5.41) is 5.69. The molecule has 1 saturated heterocycles. The Labute approximate surface area is 101 Å². The Morgan fingerprint density at radius 1 is 1.35 bits per heavy atom. The van der Waals surface area contributed by atoms with E-state index in [0.717, 1.165) is 0 Å². The van der Waals surface area contributed by atoms with Gasteiger partial charge in [-0.05, 0) is 27.2 Å². The average molecular weight is 244 g/mol. The van der Waals surface area contributed by atoms with Gasteiger partial charge in [0.15, 0.2) is 0 Å². The SMILES string of the molecule is COC(=O)[C@H]1C[C@H](NC(=O)OC(C)(C)C)CN1. The van der Waals surface area contributed by atoms with Gasteiger partial charge in [-0.1, -0.05) is 0 Å². The van der Waals surface area contributed by atoms with Crippen LogP contribution in [-0.2, 0) is 14.3 Å². The molecule has 1 aliphatic rings. The Balaban J connectivity index is 2.35. The second kappa shape index (κ2) is 5.35. The number of carbonyl (C=O) groups excluding carboxylic acids is 2. The lowest BCUT2D eigenvalue weighted by molar-refractivity contribution is -0.142. The van der Waals surface area contributed by atoms with E-state index in [1.165, 1.54) is 7.11 Å². The van der Waals surface area contributed by atoms with Crippen LogP contribution in [0.2, 0.25) is 0 Å². The molecular formula is C11H20N2O4. The molecule has 0 aromatic carbocycles. The van der Waals surface area contributed by atoms with Crippen molar-refractivity contribution in [2.24, 2.45) is 0 Å². The van der Waals surface area contributed by atoms with Gasteiger partial charge in [0.1, 0.15) is 11.6 Å². The Morgan fingerprint density at radius 3 is 2.53 bits per heavy atom. The molecule has 1 heterocycles. The molecule has 17 heavy (non-hydrogen) atoms. The van der Waals surface area contributed by atoms with E-state index in [0.29, 0.717) is 13.0 Å². The van der Waals surface area contributed by atoms with Crippen LogP contribution < -0.4 is 10.6 Å². The van der Waals surface area contributed by atoms with Gasteiger partial charge in [-0.25, -0.2) is 4.79 Å². The first-order valence-electron chi connectivity index (χ1n) is 5.62. The van der Waals surface area contributed by atoms with Crippen molar-refractivity contribution < 1.29 is 19.1 Å². The zero-order valence-electron chi connectivity index (χ0n) is 10.7. The third-order valence-corrected chi connectivity index (χ3v) is 2.34. The number of rotatable bonds is 2. The minimum atomic E-state index is -0.516. The summed E-state index contributed by atoms with van der Waals surface area (Å²) in [4.78, 5) is 22.7. The third kappa shape index (κ3) is 4.60. The molecular weight excluding hydrogens is 224 g/mol. The lowest BCUT2D eigenvalue weighted by atomic mass is 10.2.